The summed E-state index contributed by atoms with van der Waals surface area (Å²) < 4.78 is 4.54. The van der Waals surface area contributed by atoms with E-state index < -0.39 is 11.9 Å². The van der Waals surface area contributed by atoms with Crippen molar-refractivity contribution in [1.29, 1.82) is 0 Å². The topological polar surface area (TPSA) is 43.4 Å². The molecule has 0 aromatic heterocycles. The van der Waals surface area contributed by atoms with Gasteiger partial charge in [-0.25, -0.2) is 9.59 Å². The average molecular weight is 253 g/mol. The molecular weight excluding hydrogens is 240 g/mol. The third kappa shape index (κ3) is 3.18. The number of rotatable bonds is 2. The van der Waals surface area contributed by atoms with Crippen molar-refractivity contribution in [2.24, 2.45) is 0 Å². The number of benzene rings is 2. The number of hydrogen-bond donors (Lipinski definition) is 0. The summed E-state index contributed by atoms with van der Waals surface area (Å²) in [5.74, 6) is -1.41. The first-order chi connectivity index (χ1) is 8.20. The summed E-state index contributed by atoms with van der Waals surface area (Å²) in [5.41, 5.74) is 0.346. The minimum Gasteiger partial charge on any atom is -1.00 e. The zero-order valence-electron chi connectivity index (χ0n) is 11.8. The van der Waals surface area contributed by atoms with Crippen molar-refractivity contribution in [3.8, 4) is 0 Å². The van der Waals surface area contributed by atoms with Gasteiger partial charge in [-0.2, -0.15) is 0 Å². The van der Waals surface area contributed by atoms with Crippen molar-refractivity contribution in [2.75, 3.05) is 0 Å². The molecule has 88 valence electrons. The molecule has 2 aromatic carbocycles. The minimum absolute atomic E-state index is 0. The molecule has 2 rings (SSSR count). The number of ether oxygens (including phenoxy) is 1. The molecule has 0 aliphatic carbocycles. The van der Waals surface area contributed by atoms with Crippen LogP contribution in [0, 0.1) is 0 Å². The smallest absolute Gasteiger partial charge is 1.00 e. The van der Waals surface area contributed by atoms with Crippen LogP contribution >= 0.6 is 0 Å². The maximum Gasteiger partial charge on any atom is 2.00 e. The van der Waals surface area contributed by atoms with Gasteiger partial charge in [-0.05, 0) is 22.9 Å². The van der Waals surface area contributed by atoms with Crippen molar-refractivity contribution < 1.29 is 17.2 Å². The second-order valence-electron chi connectivity index (χ2n) is 3.47. The number of hydrogen-bond acceptors (Lipinski definition) is 3. The van der Waals surface area contributed by atoms with E-state index >= 15 is 0 Å². The third-order valence-corrected chi connectivity index (χ3v) is 2.35. The summed E-state index contributed by atoms with van der Waals surface area (Å²) in [6.07, 6.45) is 0.957. The van der Waals surface area contributed by atoms with Gasteiger partial charge < -0.3 is 7.59 Å². The maximum absolute atomic E-state index is 11.6. The second kappa shape index (κ2) is 6.33. The normalized spacial score (nSPS) is 9.33. The van der Waals surface area contributed by atoms with Gasteiger partial charge in [0.05, 0.1) is 5.56 Å². The molecule has 0 radical (unpaired) electrons. The largest absolute Gasteiger partial charge is 2.00 e. The Labute approximate surface area is 124 Å². The Balaban J connectivity index is 0. The van der Waals surface area contributed by atoms with E-state index in [-0.39, 0.29) is 25.9 Å². The van der Waals surface area contributed by atoms with Gasteiger partial charge in [0, 0.05) is 6.08 Å². The fourth-order valence-electron chi connectivity index (χ4n) is 1.51. The Bertz CT molecular complexity index is 614. The van der Waals surface area contributed by atoms with Gasteiger partial charge in [-0.15, -0.1) is 0 Å². The van der Waals surface area contributed by atoms with Gasteiger partial charge in [0.2, 0.25) is 0 Å². The van der Waals surface area contributed by atoms with Crippen LogP contribution in [0.4, 0.5) is 0 Å². The summed E-state index contributed by atoms with van der Waals surface area (Å²) in [4.78, 5) is 22.5. The molecule has 4 heteroatoms. The van der Waals surface area contributed by atoms with Crippen molar-refractivity contribution in [1.82, 2.24) is 0 Å². The molecule has 3 nitrogen and oxygen atoms in total. The van der Waals surface area contributed by atoms with Gasteiger partial charge in [-0.1, -0.05) is 36.9 Å². The number of fused-ring (bicyclic) bond motifs is 1. The summed E-state index contributed by atoms with van der Waals surface area (Å²) in [6.45, 7) is 3.23. The molecule has 0 spiro atoms. The van der Waals surface area contributed by atoms with Gasteiger partial charge in [0.1, 0.15) is 0 Å². The standard InChI is InChI=1S/C14H10O3.Mg.2H/c1-2-13(15)17-14(16)12-8-7-10-5-3-4-6-11(10)9-12;;;/h2-9H,1H2;;;/q;+2;2*-1. The molecule has 0 atom stereocenters. The van der Waals surface area contributed by atoms with Crippen molar-refractivity contribution in [2.45, 2.75) is 0 Å². The Hall–Kier alpha value is -1.65. The molecule has 0 aliphatic rings. The summed E-state index contributed by atoms with van der Waals surface area (Å²) >= 11 is 0. The molecule has 0 saturated carbocycles. The van der Waals surface area contributed by atoms with Crippen LogP contribution in [-0.4, -0.2) is 35.0 Å². The fourth-order valence-corrected chi connectivity index (χ4v) is 1.51. The Morgan fingerprint density at radius 3 is 2.44 bits per heavy atom. The van der Waals surface area contributed by atoms with Crippen molar-refractivity contribution in [3.63, 3.8) is 0 Å². The van der Waals surface area contributed by atoms with Gasteiger partial charge >= 0.3 is 35.0 Å². The predicted octanol–water partition coefficient (Wildman–Crippen LogP) is 2.55. The monoisotopic (exact) mass is 252 g/mol. The van der Waals surface area contributed by atoms with E-state index in [4.69, 9.17) is 0 Å². The van der Waals surface area contributed by atoms with E-state index in [1.807, 2.05) is 30.3 Å². The molecule has 0 saturated heterocycles. The molecular formula is C14H12MgO3. The number of carbonyl (C=O) groups is 2. The molecule has 0 aliphatic heterocycles. The molecule has 0 amide bonds. The number of esters is 2. The Morgan fingerprint density at radius 1 is 1.11 bits per heavy atom. The van der Waals surface area contributed by atoms with Crippen LogP contribution in [0.3, 0.4) is 0 Å². The predicted molar refractivity (Wildman–Crippen MR) is 72.5 cm³/mol. The Morgan fingerprint density at radius 2 is 1.78 bits per heavy atom. The van der Waals surface area contributed by atoms with Crippen LogP contribution in [0.1, 0.15) is 13.2 Å². The SMILES string of the molecule is C=CC(=O)OC(=O)c1ccc2ccccc2c1.[H-].[H-].[Mg+2]. The molecule has 0 fully saturated rings. The van der Waals surface area contributed by atoms with Crippen LogP contribution in [0.15, 0.2) is 55.1 Å². The molecule has 0 bridgehead atoms. The van der Waals surface area contributed by atoms with E-state index in [0.717, 1.165) is 16.8 Å². The molecule has 0 unspecified atom stereocenters. The van der Waals surface area contributed by atoms with Gasteiger partial charge in [-0.3, -0.25) is 0 Å². The fraction of sp³-hybridized carbons (Fsp3) is 0. The Kier molecular flexibility index (Phi) is 5.06. The van der Waals surface area contributed by atoms with Crippen LogP contribution in [0.25, 0.3) is 10.8 Å². The zero-order chi connectivity index (χ0) is 12.3. The van der Waals surface area contributed by atoms with Gasteiger partial charge in [0.15, 0.2) is 0 Å². The average Bonchev–Trinajstić information content (AvgIpc) is 2.38. The van der Waals surface area contributed by atoms with E-state index in [1.54, 1.807) is 12.1 Å². The molecule has 18 heavy (non-hydrogen) atoms. The van der Waals surface area contributed by atoms with Crippen LogP contribution in [0.2, 0.25) is 0 Å². The second-order valence-corrected chi connectivity index (χ2v) is 3.47. The maximum atomic E-state index is 11.6. The first-order valence-corrected chi connectivity index (χ1v) is 5.08. The molecule has 0 N–H and O–H groups in total. The summed E-state index contributed by atoms with van der Waals surface area (Å²) in [5, 5.41) is 1.95. The van der Waals surface area contributed by atoms with Crippen molar-refractivity contribution in [3.05, 3.63) is 60.7 Å². The summed E-state index contributed by atoms with van der Waals surface area (Å²) in [7, 11) is 0. The summed E-state index contributed by atoms with van der Waals surface area (Å²) in [6, 6.07) is 12.8. The van der Waals surface area contributed by atoms with Crippen LogP contribution in [-0.2, 0) is 9.53 Å². The first kappa shape index (κ1) is 14.4. The van der Waals surface area contributed by atoms with Gasteiger partial charge in [0.25, 0.3) is 0 Å². The van der Waals surface area contributed by atoms with E-state index in [1.165, 1.54) is 0 Å². The quantitative estimate of drug-likeness (QED) is 0.357. The van der Waals surface area contributed by atoms with Crippen LogP contribution < -0.4 is 0 Å². The van der Waals surface area contributed by atoms with Crippen molar-refractivity contribution >= 4 is 45.8 Å². The van der Waals surface area contributed by atoms with E-state index in [2.05, 4.69) is 11.3 Å². The number of carbonyl (C=O) groups excluding carboxylic acids is 2. The first-order valence-electron chi connectivity index (χ1n) is 5.08. The minimum atomic E-state index is -0.747. The third-order valence-electron chi connectivity index (χ3n) is 2.35. The van der Waals surface area contributed by atoms with Crippen LogP contribution in [0.5, 0.6) is 0 Å². The molecule has 0 heterocycles. The zero-order valence-corrected chi connectivity index (χ0v) is 11.2. The van der Waals surface area contributed by atoms with E-state index in [9.17, 15) is 9.59 Å². The van der Waals surface area contributed by atoms with E-state index in [0.29, 0.717) is 5.56 Å². The molecule has 2 aromatic rings.